The van der Waals surface area contributed by atoms with Gasteiger partial charge in [0.25, 0.3) is 0 Å². The van der Waals surface area contributed by atoms with Crippen molar-refractivity contribution in [3.05, 3.63) is 10.6 Å². The van der Waals surface area contributed by atoms with Crippen LogP contribution in [0.25, 0.3) is 0 Å². The zero-order valence-corrected chi connectivity index (χ0v) is 12.9. The lowest BCUT2D eigenvalue weighted by Gasteiger charge is -2.06. The van der Waals surface area contributed by atoms with Crippen molar-refractivity contribution in [3.63, 3.8) is 0 Å². The van der Waals surface area contributed by atoms with Crippen LogP contribution in [0.2, 0.25) is 0 Å². The number of thioether (sulfide) groups is 1. The quantitative estimate of drug-likeness (QED) is 0.756. The molecule has 2 N–H and O–H groups in total. The molecule has 0 fully saturated rings. The fourth-order valence-corrected chi connectivity index (χ4v) is 3.17. The first-order valence-electron chi connectivity index (χ1n) is 6.00. The zero-order valence-electron chi connectivity index (χ0n) is 11.2. The normalized spacial score (nSPS) is 10.7. The van der Waals surface area contributed by atoms with E-state index in [-0.39, 0.29) is 16.5 Å². The molecule has 0 aliphatic carbocycles. The van der Waals surface area contributed by atoms with Gasteiger partial charge >= 0.3 is 5.97 Å². The average Bonchev–Trinajstić information content (AvgIpc) is 2.67. The molecule has 19 heavy (non-hydrogen) atoms. The van der Waals surface area contributed by atoms with Crippen LogP contribution in [0.15, 0.2) is 4.34 Å². The smallest absolute Gasteiger partial charge is 0.347 e. The molecule has 0 bridgehead atoms. The van der Waals surface area contributed by atoms with Crippen molar-refractivity contribution < 1.29 is 14.7 Å². The van der Waals surface area contributed by atoms with Crippen LogP contribution < -0.4 is 5.32 Å². The van der Waals surface area contributed by atoms with Gasteiger partial charge in [0.1, 0.15) is 4.88 Å². The molecule has 0 radical (unpaired) electrons. The van der Waals surface area contributed by atoms with Crippen molar-refractivity contribution in [2.45, 2.75) is 31.5 Å². The van der Waals surface area contributed by atoms with Crippen LogP contribution in [0.4, 0.5) is 0 Å². The van der Waals surface area contributed by atoms with E-state index in [4.69, 9.17) is 5.11 Å². The van der Waals surface area contributed by atoms with Gasteiger partial charge < -0.3 is 10.4 Å². The topological polar surface area (TPSA) is 79.3 Å². The maximum atomic E-state index is 11.6. The number of hydrogen-bond acceptors (Lipinski definition) is 5. The van der Waals surface area contributed by atoms with Crippen LogP contribution in [-0.2, 0) is 4.79 Å². The van der Waals surface area contributed by atoms with Gasteiger partial charge in [-0.05, 0) is 19.3 Å². The SMILES string of the molecule is Cc1nc(SCC(=O)NCCC(C)C)sc1C(=O)O. The van der Waals surface area contributed by atoms with Crippen LogP contribution in [-0.4, -0.2) is 34.3 Å². The third kappa shape index (κ3) is 5.61. The molecular weight excluding hydrogens is 284 g/mol. The monoisotopic (exact) mass is 302 g/mol. The van der Waals surface area contributed by atoms with Crippen molar-refractivity contribution >= 4 is 35.0 Å². The fourth-order valence-electron chi connectivity index (χ4n) is 1.31. The molecule has 0 aliphatic rings. The minimum absolute atomic E-state index is 0.0459. The van der Waals surface area contributed by atoms with Crippen LogP contribution in [0.1, 0.15) is 35.6 Å². The standard InChI is InChI=1S/C12H18N2O3S2/c1-7(2)4-5-13-9(15)6-18-12-14-8(3)10(19-12)11(16)17/h7H,4-6H2,1-3H3,(H,13,15)(H,16,17). The number of nitrogens with one attached hydrogen (secondary N) is 1. The Balaban J connectivity index is 2.38. The van der Waals surface area contributed by atoms with Crippen molar-refractivity contribution in [2.24, 2.45) is 5.92 Å². The molecule has 5 nitrogen and oxygen atoms in total. The number of hydrogen-bond donors (Lipinski definition) is 2. The predicted octanol–water partition coefficient (Wildman–Crippen LogP) is 2.40. The molecule has 0 aliphatic heterocycles. The Morgan fingerprint density at radius 3 is 2.68 bits per heavy atom. The second-order valence-electron chi connectivity index (χ2n) is 4.52. The van der Waals surface area contributed by atoms with Gasteiger partial charge in [0.15, 0.2) is 4.34 Å². The van der Waals surface area contributed by atoms with Gasteiger partial charge in [-0.15, -0.1) is 11.3 Å². The van der Waals surface area contributed by atoms with Crippen LogP contribution in [0.3, 0.4) is 0 Å². The lowest BCUT2D eigenvalue weighted by atomic mass is 10.1. The summed E-state index contributed by atoms with van der Waals surface area (Å²) < 4.78 is 0.619. The van der Waals surface area contributed by atoms with E-state index in [0.29, 0.717) is 22.5 Å². The van der Waals surface area contributed by atoms with Crippen molar-refractivity contribution in [1.29, 1.82) is 0 Å². The van der Waals surface area contributed by atoms with Crippen LogP contribution in [0.5, 0.6) is 0 Å². The van der Waals surface area contributed by atoms with Gasteiger partial charge in [-0.3, -0.25) is 4.79 Å². The Labute approximate surface area is 120 Å². The molecule has 0 saturated heterocycles. The van der Waals surface area contributed by atoms with Crippen molar-refractivity contribution in [1.82, 2.24) is 10.3 Å². The molecule has 0 saturated carbocycles. The first-order valence-corrected chi connectivity index (χ1v) is 7.80. The predicted molar refractivity (Wildman–Crippen MR) is 77.0 cm³/mol. The van der Waals surface area contributed by atoms with E-state index in [2.05, 4.69) is 24.1 Å². The molecule has 1 heterocycles. The summed E-state index contributed by atoms with van der Waals surface area (Å²) in [5, 5.41) is 11.7. The number of aromatic carboxylic acids is 1. The van der Waals surface area contributed by atoms with Gasteiger partial charge in [0, 0.05) is 6.54 Å². The molecule has 1 aromatic heterocycles. The summed E-state index contributed by atoms with van der Waals surface area (Å²) in [7, 11) is 0. The number of amides is 1. The Hall–Kier alpha value is -1.08. The maximum Gasteiger partial charge on any atom is 0.347 e. The Morgan fingerprint density at radius 2 is 2.16 bits per heavy atom. The Bertz CT molecular complexity index is 458. The Morgan fingerprint density at radius 1 is 1.47 bits per heavy atom. The highest BCUT2D eigenvalue weighted by atomic mass is 32.2. The maximum absolute atomic E-state index is 11.6. The first kappa shape index (κ1) is 16.0. The van der Waals surface area contributed by atoms with E-state index in [1.54, 1.807) is 6.92 Å². The van der Waals surface area contributed by atoms with Crippen molar-refractivity contribution in [2.75, 3.05) is 12.3 Å². The van der Waals surface area contributed by atoms with Crippen molar-refractivity contribution in [3.8, 4) is 0 Å². The highest BCUT2D eigenvalue weighted by Crippen LogP contribution is 2.26. The summed E-state index contributed by atoms with van der Waals surface area (Å²) in [4.78, 5) is 26.8. The Kier molecular flexibility index (Phi) is 6.30. The van der Waals surface area contributed by atoms with Crippen LogP contribution >= 0.6 is 23.1 Å². The molecule has 106 valence electrons. The number of thiazole rings is 1. The average molecular weight is 302 g/mol. The van der Waals surface area contributed by atoms with Gasteiger partial charge in [0.05, 0.1) is 11.4 Å². The minimum atomic E-state index is -0.969. The molecule has 0 spiro atoms. The molecule has 0 aromatic carbocycles. The van der Waals surface area contributed by atoms with E-state index < -0.39 is 5.97 Å². The number of aryl methyl sites for hydroxylation is 1. The second-order valence-corrected chi connectivity index (χ2v) is 6.74. The number of carbonyl (C=O) groups is 2. The summed E-state index contributed by atoms with van der Waals surface area (Å²) in [5.41, 5.74) is 0.500. The molecule has 0 atom stereocenters. The first-order chi connectivity index (χ1) is 8.90. The molecule has 0 unspecified atom stereocenters. The number of rotatable bonds is 7. The molecule has 1 aromatic rings. The van der Waals surface area contributed by atoms with Gasteiger partial charge in [-0.1, -0.05) is 25.6 Å². The largest absolute Gasteiger partial charge is 0.477 e. The lowest BCUT2D eigenvalue weighted by molar-refractivity contribution is -0.118. The highest BCUT2D eigenvalue weighted by molar-refractivity contribution is 8.01. The zero-order chi connectivity index (χ0) is 14.4. The molecule has 7 heteroatoms. The fraction of sp³-hybridized carbons (Fsp3) is 0.583. The number of nitrogens with zero attached hydrogens (tertiary/aromatic N) is 1. The van der Waals surface area contributed by atoms with Gasteiger partial charge in [-0.25, -0.2) is 9.78 Å². The molecular formula is C12H18N2O3S2. The summed E-state index contributed by atoms with van der Waals surface area (Å²) in [5.74, 6) is -0.185. The van der Waals surface area contributed by atoms with E-state index in [0.717, 1.165) is 17.8 Å². The third-order valence-corrected chi connectivity index (χ3v) is 4.63. The summed E-state index contributed by atoms with van der Waals surface area (Å²) in [6.07, 6.45) is 0.954. The number of carboxylic acids is 1. The molecule has 1 rings (SSSR count). The van der Waals surface area contributed by atoms with E-state index in [9.17, 15) is 9.59 Å². The lowest BCUT2D eigenvalue weighted by Crippen LogP contribution is -2.26. The van der Waals surface area contributed by atoms with E-state index in [1.165, 1.54) is 11.8 Å². The number of aromatic nitrogens is 1. The third-order valence-electron chi connectivity index (χ3n) is 2.34. The van der Waals surface area contributed by atoms with Gasteiger partial charge in [-0.2, -0.15) is 0 Å². The summed E-state index contributed by atoms with van der Waals surface area (Å²) in [6, 6.07) is 0. The molecule has 1 amide bonds. The summed E-state index contributed by atoms with van der Waals surface area (Å²) >= 11 is 2.38. The van der Waals surface area contributed by atoms with E-state index >= 15 is 0 Å². The van der Waals surface area contributed by atoms with E-state index in [1.807, 2.05) is 0 Å². The van der Waals surface area contributed by atoms with Gasteiger partial charge in [0.2, 0.25) is 5.91 Å². The second kappa shape index (κ2) is 7.49. The minimum Gasteiger partial charge on any atom is -0.477 e. The summed E-state index contributed by atoms with van der Waals surface area (Å²) in [6.45, 7) is 6.54. The highest BCUT2D eigenvalue weighted by Gasteiger charge is 2.15. The van der Waals surface area contributed by atoms with Crippen LogP contribution in [0, 0.1) is 12.8 Å². The number of carboxylic acid groups (broad SMARTS) is 1. The number of carbonyl (C=O) groups excluding carboxylic acids is 1.